The zero-order valence-electron chi connectivity index (χ0n) is 9.54. The summed E-state index contributed by atoms with van der Waals surface area (Å²) in [5, 5.41) is 0. The molecule has 2 saturated carbocycles. The van der Waals surface area contributed by atoms with Crippen LogP contribution in [0.4, 0.5) is 0 Å². The van der Waals surface area contributed by atoms with Gasteiger partial charge in [-0.25, -0.2) is 0 Å². The number of allylic oxidation sites excluding steroid dienone is 1. The van der Waals surface area contributed by atoms with Gasteiger partial charge in [0.1, 0.15) is 5.78 Å². The standard InChI is InChI=1S/C13H21NO/c1-3-8(2)6-11(15)12-9-4-5-10(7-9)13(12)14/h9-10,12-13H,2-7,14H2,1H3. The van der Waals surface area contributed by atoms with Gasteiger partial charge in [0.05, 0.1) is 0 Å². The molecule has 15 heavy (non-hydrogen) atoms. The average molecular weight is 207 g/mol. The molecule has 0 aliphatic heterocycles. The number of carbonyl (C=O) groups is 1. The topological polar surface area (TPSA) is 43.1 Å². The summed E-state index contributed by atoms with van der Waals surface area (Å²) < 4.78 is 0. The van der Waals surface area contributed by atoms with Gasteiger partial charge in [-0.2, -0.15) is 0 Å². The highest BCUT2D eigenvalue weighted by Gasteiger charge is 2.48. The molecule has 2 heteroatoms. The molecule has 0 aromatic heterocycles. The van der Waals surface area contributed by atoms with Crippen LogP contribution in [0.3, 0.4) is 0 Å². The molecular weight excluding hydrogens is 186 g/mol. The molecule has 0 aromatic carbocycles. The summed E-state index contributed by atoms with van der Waals surface area (Å²) in [7, 11) is 0. The summed E-state index contributed by atoms with van der Waals surface area (Å²) in [5.41, 5.74) is 7.18. The maximum atomic E-state index is 12.1. The van der Waals surface area contributed by atoms with Crippen molar-refractivity contribution in [3.05, 3.63) is 12.2 Å². The van der Waals surface area contributed by atoms with Crippen molar-refractivity contribution in [2.75, 3.05) is 0 Å². The molecule has 4 atom stereocenters. The fourth-order valence-electron chi connectivity index (χ4n) is 3.30. The molecule has 2 aliphatic carbocycles. The molecule has 2 aliphatic rings. The lowest BCUT2D eigenvalue weighted by Gasteiger charge is -2.27. The summed E-state index contributed by atoms with van der Waals surface area (Å²) in [4.78, 5) is 12.1. The summed E-state index contributed by atoms with van der Waals surface area (Å²) in [6.07, 6.45) is 5.10. The first-order valence-corrected chi connectivity index (χ1v) is 6.08. The van der Waals surface area contributed by atoms with Gasteiger partial charge < -0.3 is 5.73 Å². The number of Topliss-reactive ketones (excluding diaryl/α,β-unsaturated/α-hetero) is 1. The largest absolute Gasteiger partial charge is 0.327 e. The van der Waals surface area contributed by atoms with Gasteiger partial charge in [-0.15, -0.1) is 0 Å². The van der Waals surface area contributed by atoms with Crippen molar-refractivity contribution in [1.82, 2.24) is 0 Å². The number of rotatable bonds is 4. The summed E-state index contributed by atoms with van der Waals surface area (Å²) in [6.45, 7) is 5.96. The van der Waals surface area contributed by atoms with Crippen LogP contribution in [0.1, 0.15) is 39.0 Å². The van der Waals surface area contributed by atoms with Crippen LogP contribution >= 0.6 is 0 Å². The Bertz CT molecular complexity index is 282. The highest BCUT2D eigenvalue weighted by molar-refractivity contribution is 5.84. The van der Waals surface area contributed by atoms with Crippen LogP contribution in [0.15, 0.2) is 12.2 Å². The molecule has 0 amide bonds. The first-order valence-electron chi connectivity index (χ1n) is 6.08. The fourth-order valence-corrected chi connectivity index (χ4v) is 3.30. The molecule has 2 N–H and O–H groups in total. The maximum Gasteiger partial charge on any atom is 0.141 e. The Hall–Kier alpha value is -0.630. The quantitative estimate of drug-likeness (QED) is 0.719. The smallest absolute Gasteiger partial charge is 0.141 e. The second-order valence-electron chi connectivity index (χ2n) is 5.18. The van der Waals surface area contributed by atoms with E-state index in [1.165, 1.54) is 19.3 Å². The third-order valence-corrected chi connectivity index (χ3v) is 4.28. The van der Waals surface area contributed by atoms with Gasteiger partial charge in [-0.3, -0.25) is 4.79 Å². The molecule has 0 radical (unpaired) electrons. The first kappa shape index (κ1) is 10.9. The summed E-state index contributed by atoms with van der Waals surface area (Å²) in [6, 6.07) is 0.140. The van der Waals surface area contributed by atoms with Crippen LogP contribution in [0, 0.1) is 17.8 Å². The number of carbonyl (C=O) groups excluding carboxylic acids is 1. The van der Waals surface area contributed by atoms with Gasteiger partial charge in [0.2, 0.25) is 0 Å². The van der Waals surface area contributed by atoms with Crippen molar-refractivity contribution < 1.29 is 4.79 Å². The van der Waals surface area contributed by atoms with E-state index in [0.717, 1.165) is 12.0 Å². The van der Waals surface area contributed by atoms with Crippen LogP contribution in [0.2, 0.25) is 0 Å². The molecule has 0 aromatic rings. The Morgan fingerprint density at radius 3 is 2.60 bits per heavy atom. The second kappa shape index (κ2) is 4.09. The van der Waals surface area contributed by atoms with Crippen molar-refractivity contribution in [2.45, 2.75) is 45.1 Å². The molecule has 0 saturated heterocycles. The molecule has 2 nitrogen and oxygen atoms in total. The normalized spacial score (nSPS) is 38.3. The van der Waals surface area contributed by atoms with Gasteiger partial charge in [0, 0.05) is 18.4 Å². The van der Waals surface area contributed by atoms with Crippen molar-refractivity contribution in [3.63, 3.8) is 0 Å². The van der Waals surface area contributed by atoms with Crippen molar-refractivity contribution in [2.24, 2.45) is 23.5 Å². The SMILES string of the molecule is C=C(CC)CC(=O)C1C2CCC(C2)C1N. The van der Waals surface area contributed by atoms with E-state index in [-0.39, 0.29) is 12.0 Å². The Labute approximate surface area is 91.9 Å². The molecule has 4 unspecified atom stereocenters. The van der Waals surface area contributed by atoms with Crippen LogP contribution in [-0.4, -0.2) is 11.8 Å². The van der Waals surface area contributed by atoms with Gasteiger partial charge in [0.25, 0.3) is 0 Å². The molecule has 2 rings (SSSR count). The van der Waals surface area contributed by atoms with E-state index in [1.54, 1.807) is 0 Å². The van der Waals surface area contributed by atoms with Gasteiger partial charge in [-0.05, 0) is 37.5 Å². The molecule has 0 spiro atoms. The van der Waals surface area contributed by atoms with E-state index in [4.69, 9.17) is 5.73 Å². The van der Waals surface area contributed by atoms with Crippen molar-refractivity contribution in [1.29, 1.82) is 0 Å². The molecular formula is C13H21NO. The van der Waals surface area contributed by atoms with E-state index in [1.807, 2.05) is 0 Å². The van der Waals surface area contributed by atoms with E-state index in [0.29, 0.717) is 24.0 Å². The van der Waals surface area contributed by atoms with Gasteiger partial charge in [0.15, 0.2) is 0 Å². The third-order valence-electron chi connectivity index (χ3n) is 4.28. The fraction of sp³-hybridized carbons (Fsp3) is 0.769. The number of hydrogen-bond donors (Lipinski definition) is 1. The zero-order chi connectivity index (χ0) is 11.0. The van der Waals surface area contributed by atoms with E-state index in [9.17, 15) is 4.79 Å². The summed E-state index contributed by atoms with van der Waals surface area (Å²) in [5.74, 6) is 1.70. The predicted molar refractivity (Wildman–Crippen MR) is 61.4 cm³/mol. The van der Waals surface area contributed by atoms with Crippen LogP contribution in [0.25, 0.3) is 0 Å². The van der Waals surface area contributed by atoms with Crippen LogP contribution in [0.5, 0.6) is 0 Å². The monoisotopic (exact) mass is 207 g/mol. The van der Waals surface area contributed by atoms with Crippen LogP contribution < -0.4 is 5.73 Å². The predicted octanol–water partition coefficient (Wildman–Crippen LogP) is 2.29. The molecule has 2 fully saturated rings. The average Bonchev–Trinajstić information content (AvgIpc) is 2.77. The highest BCUT2D eigenvalue weighted by Crippen LogP contribution is 2.48. The zero-order valence-corrected chi connectivity index (χ0v) is 9.54. The maximum absolute atomic E-state index is 12.1. The molecule has 2 bridgehead atoms. The summed E-state index contributed by atoms with van der Waals surface area (Å²) >= 11 is 0. The second-order valence-corrected chi connectivity index (χ2v) is 5.18. The number of hydrogen-bond acceptors (Lipinski definition) is 2. The van der Waals surface area contributed by atoms with Crippen LogP contribution in [-0.2, 0) is 4.79 Å². The van der Waals surface area contributed by atoms with Gasteiger partial charge in [-0.1, -0.05) is 19.1 Å². The third kappa shape index (κ3) is 1.87. The minimum atomic E-state index is 0.140. The Morgan fingerprint density at radius 1 is 1.40 bits per heavy atom. The highest BCUT2D eigenvalue weighted by atomic mass is 16.1. The Balaban J connectivity index is 1.99. The Morgan fingerprint density at radius 2 is 2.07 bits per heavy atom. The Kier molecular flexibility index (Phi) is 2.96. The van der Waals surface area contributed by atoms with Crippen molar-refractivity contribution in [3.8, 4) is 0 Å². The van der Waals surface area contributed by atoms with Gasteiger partial charge >= 0.3 is 0 Å². The molecule has 84 valence electrons. The lowest BCUT2D eigenvalue weighted by atomic mass is 9.80. The minimum absolute atomic E-state index is 0.140. The number of fused-ring (bicyclic) bond motifs is 2. The van der Waals surface area contributed by atoms with E-state index < -0.39 is 0 Å². The van der Waals surface area contributed by atoms with E-state index in [2.05, 4.69) is 13.5 Å². The number of ketones is 1. The number of nitrogens with two attached hydrogens (primary N) is 1. The van der Waals surface area contributed by atoms with Crippen molar-refractivity contribution >= 4 is 5.78 Å². The minimum Gasteiger partial charge on any atom is -0.327 e. The van der Waals surface area contributed by atoms with E-state index >= 15 is 0 Å². The lowest BCUT2D eigenvalue weighted by Crippen LogP contribution is -2.40. The first-order chi connectivity index (χ1) is 7.13. The lowest BCUT2D eigenvalue weighted by molar-refractivity contribution is -0.124. The molecule has 0 heterocycles.